The van der Waals surface area contributed by atoms with Crippen molar-refractivity contribution in [2.45, 2.75) is 39.3 Å². The van der Waals surface area contributed by atoms with Crippen molar-refractivity contribution in [1.29, 1.82) is 0 Å². The number of rotatable bonds is 6. The molecule has 1 unspecified atom stereocenters. The summed E-state index contributed by atoms with van der Waals surface area (Å²) in [4.78, 5) is 0. The predicted octanol–water partition coefficient (Wildman–Crippen LogP) is 3.86. The first-order valence-corrected chi connectivity index (χ1v) is 7.33. The molecule has 0 aliphatic heterocycles. The number of nitrogens with two attached hydrogens (primary N) is 1. The number of ether oxygens (including phenoxy) is 1. The Morgan fingerprint density at radius 1 is 1.10 bits per heavy atom. The lowest BCUT2D eigenvalue weighted by molar-refractivity contribution is 0.286. The van der Waals surface area contributed by atoms with Crippen LogP contribution < -0.4 is 10.5 Å². The zero-order valence-electron chi connectivity index (χ0n) is 12.6. The van der Waals surface area contributed by atoms with Crippen molar-refractivity contribution in [1.82, 2.24) is 0 Å². The van der Waals surface area contributed by atoms with E-state index in [0.29, 0.717) is 18.8 Å². The lowest BCUT2D eigenvalue weighted by Crippen LogP contribution is -2.18. The van der Waals surface area contributed by atoms with Crippen LogP contribution >= 0.6 is 0 Å². The second-order valence-corrected chi connectivity index (χ2v) is 5.37. The summed E-state index contributed by atoms with van der Waals surface area (Å²) in [5.74, 6) is -0.0207. The first-order chi connectivity index (χ1) is 10.1. The Hall–Kier alpha value is -1.87. The van der Waals surface area contributed by atoms with Crippen molar-refractivity contribution in [2.24, 2.45) is 5.73 Å². The summed E-state index contributed by atoms with van der Waals surface area (Å²) >= 11 is 0. The highest BCUT2D eigenvalue weighted by molar-refractivity contribution is 5.36. The summed E-state index contributed by atoms with van der Waals surface area (Å²) in [5.41, 5.74) is 8.93. The van der Waals surface area contributed by atoms with Crippen molar-refractivity contribution in [3.8, 4) is 5.75 Å². The van der Waals surface area contributed by atoms with Gasteiger partial charge in [-0.05, 0) is 42.5 Å². The Labute approximate surface area is 125 Å². The number of halogens is 1. The molecular weight excluding hydrogens is 265 g/mol. The number of aryl methyl sites for hydroxylation is 1. The summed E-state index contributed by atoms with van der Waals surface area (Å²) in [7, 11) is 0. The summed E-state index contributed by atoms with van der Waals surface area (Å²) < 4.78 is 19.7. The van der Waals surface area contributed by atoms with Crippen molar-refractivity contribution in [3.63, 3.8) is 0 Å². The van der Waals surface area contributed by atoms with Crippen LogP contribution in [0.2, 0.25) is 0 Å². The highest BCUT2D eigenvalue weighted by Crippen LogP contribution is 2.25. The van der Waals surface area contributed by atoms with Crippen LogP contribution in [0.25, 0.3) is 0 Å². The average Bonchev–Trinajstić information content (AvgIpc) is 2.46. The number of benzene rings is 2. The molecule has 0 saturated carbocycles. The van der Waals surface area contributed by atoms with E-state index >= 15 is 0 Å². The monoisotopic (exact) mass is 287 g/mol. The largest absolute Gasteiger partial charge is 0.486 e. The van der Waals surface area contributed by atoms with Gasteiger partial charge < -0.3 is 10.5 Å². The maximum Gasteiger partial charge on any atom is 0.165 e. The van der Waals surface area contributed by atoms with E-state index in [1.807, 2.05) is 25.1 Å². The van der Waals surface area contributed by atoms with E-state index in [1.165, 1.54) is 11.6 Å². The molecule has 0 heterocycles. The third-order valence-corrected chi connectivity index (χ3v) is 3.40. The van der Waals surface area contributed by atoms with Crippen molar-refractivity contribution in [3.05, 3.63) is 65.0 Å². The van der Waals surface area contributed by atoms with Gasteiger partial charge in [0.2, 0.25) is 0 Å². The van der Waals surface area contributed by atoms with E-state index in [2.05, 4.69) is 19.1 Å². The van der Waals surface area contributed by atoms with Gasteiger partial charge in [0, 0.05) is 6.04 Å². The SMILES string of the molecule is CCc1ccc(COc2c(F)cccc2CC(C)N)cc1. The van der Waals surface area contributed by atoms with E-state index in [0.717, 1.165) is 17.5 Å². The van der Waals surface area contributed by atoms with E-state index in [9.17, 15) is 4.39 Å². The highest BCUT2D eigenvalue weighted by atomic mass is 19.1. The number of para-hydroxylation sites is 1. The van der Waals surface area contributed by atoms with Crippen LogP contribution in [0.1, 0.15) is 30.5 Å². The molecule has 0 saturated heterocycles. The molecule has 2 nitrogen and oxygen atoms in total. The molecule has 2 aromatic carbocycles. The fraction of sp³-hybridized carbons (Fsp3) is 0.333. The Morgan fingerprint density at radius 3 is 2.38 bits per heavy atom. The van der Waals surface area contributed by atoms with Crippen LogP contribution in [0.5, 0.6) is 5.75 Å². The molecule has 0 bridgehead atoms. The van der Waals surface area contributed by atoms with Gasteiger partial charge in [0.25, 0.3) is 0 Å². The smallest absolute Gasteiger partial charge is 0.165 e. The van der Waals surface area contributed by atoms with E-state index in [4.69, 9.17) is 10.5 Å². The topological polar surface area (TPSA) is 35.2 Å². The summed E-state index contributed by atoms with van der Waals surface area (Å²) in [6.45, 7) is 4.38. The van der Waals surface area contributed by atoms with Crippen molar-refractivity contribution in [2.75, 3.05) is 0 Å². The first kappa shape index (κ1) is 15.5. The molecule has 1 atom stereocenters. The Bertz CT molecular complexity index is 578. The fourth-order valence-corrected chi connectivity index (χ4v) is 2.25. The number of hydrogen-bond donors (Lipinski definition) is 1. The molecular formula is C18H22FNO. The van der Waals surface area contributed by atoms with Crippen molar-refractivity contribution >= 4 is 0 Å². The van der Waals surface area contributed by atoms with Crippen LogP contribution in [-0.2, 0) is 19.4 Å². The van der Waals surface area contributed by atoms with Gasteiger partial charge >= 0.3 is 0 Å². The second-order valence-electron chi connectivity index (χ2n) is 5.37. The molecule has 0 aliphatic rings. The molecule has 112 valence electrons. The molecule has 0 aliphatic carbocycles. The van der Waals surface area contributed by atoms with E-state index in [1.54, 1.807) is 6.07 Å². The molecule has 0 radical (unpaired) electrons. The molecule has 0 aromatic heterocycles. The summed E-state index contributed by atoms with van der Waals surface area (Å²) in [5, 5.41) is 0. The minimum Gasteiger partial charge on any atom is -0.486 e. The molecule has 2 rings (SSSR count). The molecule has 2 aromatic rings. The third kappa shape index (κ3) is 4.30. The molecule has 21 heavy (non-hydrogen) atoms. The maximum absolute atomic E-state index is 14.0. The van der Waals surface area contributed by atoms with Gasteiger partial charge in [-0.2, -0.15) is 0 Å². The van der Waals surface area contributed by atoms with E-state index in [-0.39, 0.29) is 11.9 Å². The number of hydrogen-bond acceptors (Lipinski definition) is 2. The Kier molecular flexibility index (Phi) is 5.34. The lowest BCUT2D eigenvalue weighted by Gasteiger charge is -2.14. The lowest BCUT2D eigenvalue weighted by atomic mass is 10.1. The summed E-state index contributed by atoms with van der Waals surface area (Å²) in [6, 6.07) is 13.1. The van der Waals surface area contributed by atoms with Gasteiger partial charge in [-0.1, -0.05) is 43.3 Å². The van der Waals surface area contributed by atoms with Crippen LogP contribution in [0, 0.1) is 5.82 Å². The van der Waals surface area contributed by atoms with Gasteiger partial charge in [-0.3, -0.25) is 0 Å². The molecule has 0 fully saturated rings. The Morgan fingerprint density at radius 2 is 1.76 bits per heavy atom. The minimum atomic E-state index is -0.335. The standard InChI is InChI=1S/C18H22FNO/c1-3-14-7-9-15(10-8-14)12-21-18-16(11-13(2)20)5-4-6-17(18)19/h4-10,13H,3,11-12,20H2,1-2H3. The van der Waals surface area contributed by atoms with Gasteiger partial charge in [-0.25, -0.2) is 4.39 Å². The minimum absolute atomic E-state index is 0.0296. The zero-order chi connectivity index (χ0) is 15.2. The van der Waals surface area contributed by atoms with Crippen LogP contribution in [0.3, 0.4) is 0 Å². The molecule has 0 spiro atoms. The molecule has 2 N–H and O–H groups in total. The highest BCUT2D eigenvalue weighted by Gasteiger charge is 2.11. The van der Waals surface area contributed by atoms with Gasteiger partial charge in [0.1, 0.15) is 6.61 Å². The van der Waals surface area contributed by atoms with Gasteiger partial charge in [0.15, 0.2) is 11.6 Å². The maximum atomic E-state index is 14.0. The van der Waals surface area contributed by atoms with Crippen LogP contribution in [0.4, 0.5) is 4.39 Å². The zero-order valence-corrected chi connectivity index (χ0v) is 12.6. The second kappa shape index (κ2) is 7.23. The van der Waals surface area contributed by atoms with Gasteiger partial charge in [0.05, 0.1) is 0 Å². The summed E-state index contributed by atoms with van der Waals surface area (Å²) in [6.07, 6.45) is 1.61. The third-order valence-electron chi connectivity index (χ3n) is 3.40. The fourth-order valence-electron chi connectivity index (χ4n) is 2.25. The van der Waals surface area contributed by atoms with Gasteiger partial charge in [-0.15, -0.1) is 0 Å². The predicted molar refractivity (Wildman–Crippen MR) is 83.9 cm³/mol. The van der Waals surface area contributed by atoms with E-state index < -0.39 is 0 Å². The normalized spacial score (nSPS) is 12.2. The van der Waals surface area contributed by atoms with Crippen LogP contribution in [-0.4, -0.2) is 6.04 Å². The average molecular weight is 287 g/mol. The quantitative estimate of drug-likeness (QED) is 0.875. The first-order valence-electron chi connectivity index (χ1n) is 7.33. The molecule has 0 amide bonds. The molecule has 3 heteroatoms. The Balaban J connectivity index is 2.11. The van der Waals surface area contributed by atoms with Crippen molar-refractivity contribution < 1.29 is 9.13 Å². The van der Waals surface area contributed by atoms with Crippen LogP contribution in [0.15, 0.2) is 42.5 Å².